The van der Waals surface area contributed by atoms with Crippen LogP contribution < -0.4 is 19.7 Å². The van der Waals surface area contributed by atoms with Gasteiger partial charge < -0.3 is 19.7 Å². The fraction of sp³-hybridized carbons (Fsp3) is 0.364. The summed E-state index contributed by atoms with van der Waals surface area (Å²) in [6.07, 6.45) is 0.921. The highest BCUT2D eigenvalue weighted by Gasteiger charge is 2.34. The van der Waals surface area contributed by atoms with E-state index in [0.29, 0.717) is 31.0 Å². The Morgan fingerprint density at radius 1 is 1.14 bits per heavy atom. The van der Waals surface area contributed by atoms with E-state index in [4.69, 9.17) is 9.47 Å². The molecule has 2 aromatic carbocycles. The van der Waals surface area contributed by atoms with Gasteiger partial charge in [-0.05, 0) is 48.7 Å². The number of methoxy groups -OCH3 is 2. The van der Waals surface area contributed by atoms with Crippen LogP contribution in [0.15, 0.2) is 42.5 Å². The van der Waals surface area contributed by atoms with E-state index >= 15 is 0 Å². The smallest absolute Gasteiger partial charge is 0.227 e. The van der Waals surface area contributed by atoms with Crippen molar-refractivity contribution in [1.82, 2.24) is 5.32 Å². The Hall–Kier alpha value is -3.02. The van der Waals surface area contributed by atoms with E-state index in [2.05, 4.69) is 5.32 Å². The van der Waals surface area contributed by atoms with Crippen LogP contribution in [0.25, 0.3) is 0 Å². The molecule has 2 amide bonds. The number of rotatable bonds is 7. The van der Waals surface area contributed by atoms with Crippen molar-refractivity contribution in [3.8, 4) is 11.5 Å². The van der Waals surface area contributed by atoms with Gasteiger partial charge in [0.25, 0.3) is 0 Å². The normalized spacial score (nSPS) is 16.2. The molecule has 28 heavy (non-hydrogen) atoms. The maximum Gasteiger partial charge on any atom is 0.227 e. The maximum absolute atomic E-state index is 12.5. The highest BCUT2D eigenvalue weighted by Crippen LogP contribution is 2.28. The van der Waals surface area contributed by atoms with Crippen molar-refractivity contribution in [3.63, 3.8) is 0 Å². The third-order valence-corrected chi connectivity index (χ3v) is 4.97. The Kier molecular flexibility index (Phi) is 6.19. The molecule has 0 saturated carbocycles. The Bertz CT molecular complexity index is 865. The van der Waals surface area contributed by atoms with E-state index in [9.17, 15) is 9.59 Å². The highest BCUT2D eigenvalue weighted by atomic mass is 16.5. The lowest BCUT2D eigenvalue weighted by atomic mass is 10.1. The van der Waals surface area contributed by atoms with Gasteiger partial charge in [-0.1, -0.05) is 18.2 Å². The summed E-state index contributed by atoms with van der Waals surface area (Å²) in [5.41, 5.74) is 2.99. The molecule has 0 aliphatic carbocycles. The van der Waals surface area contributed by atoms with Crippen LogP contribution >= 0.6 is 0 Å². The van der Waals surface area contributed by atoms with Gasteiger partial charge in [0.05, 0.1) is 20.1 Å². The summed E-state index contributed by atoms with van der Waals surface area (Å²) in [6.45, 7) is 2.91. The number of carbonyl (C=O) groups excluding carboxylic acids is 2. The minimum Gasteiger partial charge on any atom is -0.493 e. The monoisotopic (exact) mass is 382 g/mol. The first-order chi connectivity index (χ1) is 13.5. The van der Waals surface area contributed by atoms with Gasteiger partial charge in [-0.15, -0.1) is 0 Å². The van der Waals surface area contributed by atoms with Gasteiger partial charge in [-0.2, -0.15) is 0 Å². The quantitative estimate of drug-likeness (QED) is 0.800. The molecule has 0 aromatic heterocycles. The molecule has 6 heteroatoms. The van der Waals surface area contributed by atoms with E-state index in [0.717, 1.165) is 16.8 Å². The number of benzene rings is 2. The average molecular weight is 382 g/mol. The van der Waals surface area contributed by atoms with Gasteiger partial charge >= 0.3 is 0 Å². The third-order valence-electron chi connectivity index (χ3n) is 4.97. The number of carbonyl (C=O) groups is 2. The van der Waals surface area contributed by atoms with E-state index in [-0.39, 0.29) is 24.2 Å². The van der Waals surface area contributed by atoms with Crippen molar-refractivity contribution in [2.45, 2.75) is 19.8 Å². The first-order valence-corrected chi connectivity index (χ1v) is 9.37. The van der Waals surface area contributed by atoms with Crippen molar-refractivity contribution in [3.05, 3.63) is 53.6 Å². The number of hydrogen-bond acceptors (Lipinski definition) is 4. The second-order valence-corrected chi connectivity index (χ2v) is 6.97. The Morgan fingerprint density at radius 2 is 1.93 bits per heavy atom. The van der Waals surface area contributed by atoms with Crippen molar-refractivity contribution in [1.29, 1.82) is 0 Å². The summed E-state index contributed by atoms with van der Waals surface area (Å²) in [6, 6.07) is 13.5. The number of hydrogen-bond donors (Lipinski definition) is 1. The SMILES string of the molecule is COc1ccc(CCNC(=O)[C@H]2CC(=O)N(c3cccc(C)c3)C2)cc1OC. The molecule has 1 atom stereocenters. The van der Waals surface area contributed by atoms with Crippen LogP contribution in [0.4, 0.5) is 5.69 Å². The molecular weight excluding hydrogens is 356 g/mol. The number of ether oxygens (including phenoxy) is 2. The molecule has 1 N–H and O–H groups in total. The Labute approximate surface area is 165 Å². The highest BCUT2D eigenvalue weighted by molar-refractivity contribution is 6.00. The molecule has 1 aliphatic rings. The van der Waals surface area contributed by atoms with Gasteiger partial charge in [0.1, 0.15) is 0 Å². The Morgan fingerprint density at radius 3 is 2.64 bits per heavy atom. The van der Waals surface area contributed by atoms with Crippen LogP contribution in [0.1, 0.15) is 17.5 Å². The zero-order valence-electron chi connectivity index (χ0n) is 16.5. The van der Waals surface area contributed by atoms with Crippen molar-refractivity contribution in [2.24, 2.45) is 5.92 Å². The number of nitrogens with one attached hydrogen (secondary N) is 1. The molecule has 1 heterocycles. The second kappa shape index (κ2) is 8.78. The summed E-state index contributed by atoms with van der Waals surface area (Å²) in [7, 11) is 3.20. The average Bonchev–Trinajstić information content (AvgIpc) is 3.09. The third kappa shape index (κ3) is 4.44. The molecule has 1 fully saturated rings. The molecular formula is C22H26N2O4. The van der Waals surface area contributed by atoms with Gasteiger partial charge in [-0.25, -0.2) is 0 Å². The van der Waals surface area contributed by atoms with Crippen LogP contribution in [0, 0.1) is 12.8 Å². The molecule has 3 rings (SSSR count). The topological polar surface area (TPSA) is 67.9 Å². The molecule has 0 unspecified atom stereocenters. The molecule has 0 radical (unpaired) electrons. The van der Waals surface area contributed by atoms with E-state index in [1.54, 1.807) is 19.1 Å². The van der Waals surface area contributed by atoms with Crippen LogP contribution in [0.5, 0.6) is 11.5 Å². The largest absolute Gasteiger partial charge is 0.493 e. The predicted molar refractivity (Wildman–Crippen MR) is 108 cm³/mol. The first-order valence-electron chi connectivity index (χ1n) is 9.37. The zero-order chi connectivity index (χ0) is 20.1. The molecule has 1 aliphatic heterocycles. The molecule has 1 saturated heterocycles. The molecule has 0 bridgehead atoms. The molecule has 148 valence electrons. The number of nitrogens with zero attached hydrogens (tertiary/aromatic N) is 1. The standard InChI is InChI=1S/C22H26N2O4/c1-15-5-4-6-18(11-15)24-14-17(13-21(24)25)22(26)23-10-9-16-7-8-19(27-2)20(12-16)28-3/h4-8,11-12,17H,9-10,13-14H2,1-3H3,(H,23,26)/t17-/m0/s1. The summed E-state index contributed by atoms with van der Waals surface area (Å²) in [4.78, 5) is 26.6. The van der Waals surface area contributed by atoms with Crippen molar-refractivity contribution < 1.29 is 19.1 Å². The van der Waals surface area contributed by atoms with Gasteiger partial charge in [0.2, 0.25) is 11.8 Å². The van der Waals surface area contributed by atoms with E-state index < -0.39 is 0 Å². The van der Waals surface area contributed by atoms with Crippen molar-refractivity contribution in [2.75, 3.05) is 32.2 Å². The number of amides is 2. The van der Waals surface area contributed by atoms with E-state index in [1.807, 2.05) is 49.4 Å². The lowest BCUT2D eigenvalue weighted by molar-refractivity contribution is -0.126. The minimum atomic E-state index is -0.321. The number of anilines is 1. The van der Waals surface area contributed by atoms with Gasteiger partial charge in [-0.3, -0.25) is 9.59 Å². The Balaban J connectivity index is 1.54. The van der Waals surface area contributed by atoms with Crippen LogP contribution in [0.3, 0.4) is 0 Å². The summed E-state index contributed by atoms with van der Waals surface area (Å²) >= 11 is 0. The summed E-state index contributed by atoms with van der Waals surface area (Å²) < 4.78 is 10.5. The predicted octanol–water partition coefficient (Wildman–Crippen LogP) is 2.72. The van der Waals surface area contributed by atoms with Crippen LogP contribution in [-0.4, -0.2) is 39.1 Å². The number of aryl methyl sites for hydroxylation is 1. The van der Waals surface area contributed by atoms with E-state index in [1.165, 1.54) is 0 Å². The molecule has 0 spiro atoms. The fourth-order valence-corrected chi connectivity index (χ4v) is 3.44. The van der Waals surface area contributed by atoms with Crippen LogP contribution in [0.2, 0.25) is 0 Å². The molecule has 2 aromatic rings. The fourth-order valence-electron chi connectivity index (χ4n) is 3.44. The lowest BCUT2D eigenvalue weighted by Gasteiger charge is -2.17. The summed E-state index contributed by atoms with van der Waals surface area (Å²) in [5, 5.41) is 2.95. The lowest BCUT2D eigenvalue weighted by Crippen LogP contribution is -2.34. The molecule has 6 nitrogen and oxygen atoms in total. The second-order valence-electron chi connectivity index (χ2n) is 6.97. The van der Waals surface area contributed by atoms with Crippen LogP contribution in [-0.2, 0) is 16.0 Å². The maximum atomic E-state index is 12.5. The first kappa shape index (κ1) is 19.7. The minimum absolute atomic E-state index is 0.00867. The summed E-state index contributed by atoms with van der Waals surface area (Å²) in [5.74, 6) is 0.936. The zero-order valence-corrected chi connectivity index (χ0v) is 16.5. The van der Waals surface area contributed by atoms with Gasteiger partial charge in [0, 0.05) is 25.2 Å². The van der Waals surface area contributed by atoms with Gasteiger partial charge in [0.15, 0.2) is 11.5 Å². The van der Waals surface area contributed by atoms with Crippen molar-refractivity contribution >= 4 is 17.5 Å².